The van der Waals surface area contributed by atoms with Crippen molar-refractivity contribution in [3.8, 4) is 5.75 Å². The number of hydrogen-bond acceptors (Lipinski definition) is 3. The first kappa shape index (κ1) is 11.5. The highest BCUT2D eigenvalue weighted by Gasteiger charge is 2.27. The van der Waals surface area contributed by atoms with Crippen molar-refractivity contribution in [1.29, 1.82) is 0 Å². The minimum absolute atomic E-state index is 0.215. The number of thiophene rings is 1. The maximum atomic E-state index is 11.1. The fourth-order valence-electron chi connectivity index (χ4n) is 2.60. The quantitative estimate of drug-likeness (QED) is 0.904. The fraction of sp³-hybridized carbons (Fsp3) is 0.357. The zero-order valence-electron chi connectivity index (χ0n) is 10.1. The van der Waals surface area contributed by atoms with Gasteiger partial charge in [0, 0.05) is 9.58 Å². The summed E-state index contributed by atoms with van der Waals surface area (Å²) in [5.41, 5.74) is 1.34. The topological polar surface area (TPSA) is 46.5 Å². The third-order valence-electron chi connectivity index (χ3n) is 3.61. The van der Waals surface area contributed by atoms with E-state index in [9.17, 15) is 4.79 Å². The molecule has 3 nitrogen and oxygen atoms in total. The molecular formula is C14H14O3S. The van der Waals surface area contributed by atoms with E-state index in [1.807, 2.05) is 12.1 Å². The molecule has 0 bridgehead atoms. The second-order valence-corrected chi connectivity index (χ2v) is 5.78. The summed E-state index contributed by atoms with van der Waals surface area (Å²) in [6.45, 7) is 0. The Morgan fingerprint density at radius 1 is 1.50 bits per heavy atom. The van der Waals surface area contributed by atoms with Crippen molar-refractivity contribution in [2.75, 3.05) is 7.11 Å². The molecule has 3 rings (SSSR count). The number of ether oxygens (including phenoxy) is 1. The standard InChI is InChI=1S/C14H14O3S/c1-17-9-3-5-11-10-4-2-8(14(15)16)6-12(10)18-13(11)7-9/h3,5,7-8H,2,4,6H2,1H3,(H,15,16). The summed E-state index contributed by atoms with van der Waals surface area (Å²) in [4.78, 5) is 12.3. The number of fused-ring (bicyclic) bond motifs is 3. The van der Waals surface area contributed by atoms with Crippen LogP contribution in [0.25, 0.3) is 10.1 Å². The van der Waals surface area contributed by atoms with Crippen molar-refractivity contribution in [3.63, 3.8) is 0 Å². The van der Waals surface area contributed by atoms with E-state index in [0.717, 1.165) is 18.6 Å². The lowest BCUT2D eigenvalue weighted by molar-refractivity contribution is -0.142. The minimum Gasteiger partial charge on any atom is -0.497 e. The van der Waals surface area contributed by atoms with E-state index < -0.39 is 5.97 Å². The van der Waals surface area contributed by atoms with Crippen LogP contribution in [0.3, 0.4) is 0 Å². The normalized spacial score (nSPS) is 18.6. The summed E-state index contributed by atoms with van der Waals surface area (Å²) in [7, 11) is 1.66. The van der Waals surface area contributed by atoms with E-state index in [2.05, 4.69) is 6.07 Å². The van der Waals surface area contributed by atoms with Crippen LogP contribution in [0.5, 0.6) is 5.75 Å². The van der Waals surface area contributed by atoms with Crippen LogP contribution in [-0.2, 0) is 17.6 Å². The van der Waals surface area contributed by atoms with Gasteiger partial charge in [0.1, 0.15) is 5.75 Å². The van der Waals surface area contributed by atoms with Crippen molar-refractivity contribution < 1.29 is 14.6 Å². The van der Waals surface area contributed by atoms with Gasteiger partial charge >= 0.3 is 5.97 Å². The van der Waals surface area contributed by atoms with Gasteiger partial charge in [-0.2, -0.15) is 0 Å². The highest BCUT2D eigenvalue weighted by Crippen LogP contribution is 2.39. The van der Waals surface area contributed by atoms with Crippen LogP contribution in [0.2, 0.25) is 0 Å². The number of carboxylic acid groups (broad SMARTS) is 1. The van der Waals surface area contributed by atoms with E-state index >= 15 is 0 Å². The lowest BCUT2D eigenvalue weighted by atomic mass is 9.88. The highest BCUT2D eigenvalue weighted by molar-refractivity contribution is 7.19. The average molecular weight is 262 g/mol. The zero-order valence-corrected chi connectivity index (χ0v) is 10.9. The Balaban J connectivity index is 2.06. The van der Waals surface area contributed by atoms with Crippen molar-refractivity contribution in [2.45, 2.75) is 19.3 Å². The van der Waals surface area contributed by atoms with Gasteiger partial charge < -0.3 is 9.84 Å². The number of rotatable bonds is 2. The van der Waals surface area contributed by atoms with Crippen molar-refractivity contribution >= 4 is 27.4 Å². The van der Waals surface area contributed by atoms with Crippen LogP contribution in [0.15, 0.2) is 18.2 Å². The van der Waals surface area contributed by atoms with Crippen LogP contribution >= 0.6 is 11.3 Å². The van der Waals surface area contributed by atoms with Gasteiger partial charge in [0.15, 0.2) is 0 Å². The molecule has 0 saturated heterocycles. The Morgan fingerprint density at radius 2 is 2.33 bits per heavy atom. The summed E-state index contributed by atoms with van der Waals surface area (Å²) < 4.78 is 6.43. The Morgan fingerprint density at radius 3 is 3.06 bits per heavy atom. The molecule has 2 aromatic rings. The molecule has 0 radical (unpaired) electrons. The molecule has 1 aromatic heterocycles. The third-order valence-corrected chi connectivity index (χ3v) is 4.82. The summed E-state index contributed by atoms with van der Waals surface area (Å²) in [5.74, 6) is -0.0287. The van der Waals surface area contributed by atoms with E-state index in [1.165, 1.54) is 20.5 Å². The predicted molar refractivity (Wildman–Crippen MR) is 71.5 cm³/mol. The van der Waals surface area contributed by atoms with Crippen LogP contribution in [0.1, 0.15) is 16.9 Å². The molecule has 4 heteroatoms. The minimum atomic E-state index is -0.671. The van der Waals surface area contributed by atoms with Gasteiger partial charge in [-0.3, -0.25) is 4.79 Å². The molecule has 1 aromatic carbocycles. The lowest BCUT2D eigenvalue weighted by Gasteiger charge is -2.18. The molecule has 0 aliphatic heterocycles. The number of benzene rings is 1. The first-order chi connectivity index (χ1) is 8.69. The number of hydrogen-bond donors (Lipinski definition) is 1. The van der Waals surface area contributed by atoms with Crippen LogP contribution in [0.4, 0.5) is 0 Å². The highest BCUT2D eigenvalue weighted by atomic mass is 32.1. The van der Waals surface area contributed by atoms with E-state index in [1.54, 1.807) is 18.4 Å². The second-order valence-electron chi connectivity index (χ2n) is 4.64. The molecular weight excluding hydrogens is 248 g/mol. The number of aryl methyl sites for hydroxylation is 1. The van der Waals surface area contributed by atoms with Crippen LogP contribution in [0, 0.1) is 5.92 Å². The SMILES string of the molecule is COc1ccc2c3c(sc2c1)CC(C(=O)O)CC3. The summed E-state index contributed by atoms with van der Waals surface area (Å²) >= 11 is 1.71. The van der Waals surface area contributed by atoms with Crippen LogP contribution < -0.4 is 4.74 Å². The van der Waals surface area contributed by atoms with Crippen molar-refractivity contribution in [2.24, 2.45) is 5.92 Å². The molecule has 1 aliphatic rings. The molecule has 94 valence electrons. The number of carbonyl (C=O) groups is 1. The first-order valence-corrected chi connectivity index (χ1v) is 6.82. The summed E-state index contributed by atoms with van der Waals surface area (Å²) in [6.07, 6.45) is 2.30. The van der Waals surface area contributed by atoms with Gasteiger partial charge in [0.05, 0.1) is 13.0 Å². The van der Waals surface area contributed by atoms with Gasteiger partial charge in [-0.1, -0.05) is 0 Å². The van der Waals surface area contributed by atoms with E-state index in [-0.39, 0.29) is 5.92 Å². The van der Waals surface area contributed by atoms with Gasteiger partial charge in [0.2, 0.25) is 0 Å². The Kier molecular flexibility index (Phi) is 2.74. The lowest BCUT2D eigenvalue weighted by Crippen LogP contribution is -2.20. The molecule has 0 saturated carbocycles. The maximum absolute atomic E-state index is 11.1. The molecule has 18 heavy (non-hydrogen) atoms. The number of carboxylic acids is 1. The van der Waals surface area contributed by atoms with Gasteiger partial charge in [0.25, 0.3) is 0 Å². The zero-order chi connectivity index (χ0) is 12.7. The van der Waals surface area contributed by atoms with E-state index in [4.69, 9.17) is 9.84 Å². The third kappa shape index (κ3) is 1.77. The molecule has 1 N–H and O–H groups in total. The molecule has 1 atom stereocenters. The molecule has 1 heterocycles. The average Bonchev–Trinajstić information content (AvgIpc) is 2.74. The van der Waals surface area contributed by atoms with Gasteiger partial charge in [-0.05, 0) is 48.4 Å². The molecule has 0 amide bonds. The van der Waals surface area contributed by atoms with Crippen molar-refractivity contribution in [1.82, 2.24) is 0 Å². The first-order valence-electron chi connectivity index (χ1n) is 6.00. The molecule has 1 unspecified atom stereocenters. The second kappa shape index (κ2) is 4.28. The van der Waals surface area contributed by atoms with Crippen LogP contribution in [-0.4, -0.2) is 18.2 Å². The Labute approximate surface area is 109 Å². The monoisotopic (exact) mass is 262 g/mol. The summed E-state index contributed by atoms with van der Waals surface area (Å²) in [6, 6.07) is 6.09. The number of aliphatic carboxylic acids is 1. The Hall–Kier alpha value is -1.55. The summed E-state index contributed by atoms with van der Waals surface area (Å²) in [5, 5.41) is 10.4. The molecule has 0 fully saturated rings. The van der Waals surface area contributed by atoms with Crippen molar-refractivity contribution in [3.05, 3.63) is 28.6 Å². The van der Waals surface area contributed by atoms with E-state index in [0.29, 0.717) is 6.42 Å². The Bertz CT molecular complexity index is 615. The van der Waals surface area contributed by atoms with Gasteiger partial charge in [-0.25, -0.2) is 0 Å². The fourth-order valence-corrected chi connectivity index (χ4v) is 3.96. The largest absolute Gasteiger partial charge is 0.497 e. The smallest absolute Gasteiger partial charge is 0.306 e. The maximum Gasteiger partial charge on any atom is 0.306 e. The molecule has 0 spiro atoms. The predicted octanol–water partition coefficient (Wildman–Crippen LogP) is 3.10. The molecule has 1 aliphatic carbocycles. The van der Waals surface area contributed by atoms with Gasteiger partial charge in [-0.15, -0.1) is 11.3 Å². The number of methoxy groups -OCH3 is 1.